The predicted octanol–water partition coefficient (Wildman–Crippen LogP) is 7.10. The lowest BCUT2D eigenvalue weighted by molar-refractivity contribution is -0.136. The number of methoxy groups -OCH3 is 2. The fourth-order valence-corrected chi connectivity index (χ4v) is 5.11. The summed E-state index contributed by atoms with van der Waals surface area (Å²) in [4.78, 5) is 13.6. The number of hydrogen-bond acceptors (Lipinski definition) is 5. The maximum Gasteiger partial charge on any atom is 0.307 e. The minimum Gasteiger partial charge on any atom is -0.497 e. The molecule has 4 aromatic carbocycles. The summed E-state index contributed by atoms with van der Waals surface area (Å²) in [6.45, 7) is 4.98. The first-order valence-electron chi connectivity index (χ1n) is 13.9. The molecule has 0 bridgehead atoms. The molecule has 0 fully saturated rings. The fourth-order valence-electron chi connectivity index (χ4n) is 5.11. The van der Waals surface area contributed by atoms with Gasteiger partial charge in [0.1, 0.15) is 17.2 Å². The number of nitrogens with zero attached hydrogens (tertiary/aromatic N) is 1. The van der Waals surface area contributed by atoms with Crippen LogP contribution in [-0.2, 0) is 17.8 Å². The van der Waals surface area contributed by atoms with Crippen molar-refractivity contribution < 1.29 is 24.1 Å². The Morgan fingerprint density at radius 2 is 1.45 bits per heavy atom. The molecule has 0 amide bonds. The van der Waals surface area contributed by atoms with Crippen LogP contribution in [0, 0.1) is 5.92 Å². The maximum atomic E-state index is 11.1. The van der Waals surface area contributed by atoms with E-state index in [1.165, 1.54) is 11.1 Å². The molecule has 0 aliphatic heterocycles. The highest BCUT2D eigenvalue weighted by Gasteiger charge is 2.22. The molecular weight excluding hydrogens is 550 g/mol. The van der Waals surface area contributed by atoms with E-state index in [0.717, 1.165) is 35.7 Å². The van der Waals surface area contributed by atoms with Crippen molar-refractivity contribution in [2.75, 3.05) is 33.9 Å². The number of carboxylic acids is 1. The van der Waals surface area contributed by atoms with Crippen molar-refractivity contribution in [1.29, 1.82) is 0 Å². The second kappa shape index (κ2) is 16.4. The second-order valence-electron chi connectivity index (χ2n) is 10.4. The summed E-state index contributed by atoms with van der Waals surface area (Å²) in [7, 11) is 3.35. The van der Waals surface area contributed by atoms with Gasteiger partial charge in [-0.1, -0.05) is 85.8 Å². The van der Waals surface area contributed by atoms with Gasteiger partial charge in [0, 0.05) is 43.1 Å². The average molecular weight is 590 g/mol. The first-order valence-corrected chi connectivity index (χ1v) is 13.9. The summed E-state index contributed by atoms with van der Waals surface area (Å²) < 4.78 is 17.3. The topological polar surface area (TPSA) is 68.2 Å². The first kappa shape index (κ1) is 32.5. The Hall–Kier alpha value is -4.00. The Morgan fingerprint density at radius 3 is 2.05 bits per heavy atom. The molecule has 6 nitrogen and oxygen atoms in total. The third kappa shape index (κ3) is 9.54. The Balaban J connectivity index is 0.00000484. The monoisotopic (exact) mass is 589 g/mol. The van der Waals surface area contributed by atoms with Crippen LogP contribution < -0.4 is 14.2 Å². The van der Waals surface area contributed by atoms with E-state index in [-0.39, 0.29) is 30.7 Å². The van der Waals surface area contributed by atoms with Gasteiger partial charge in [0.15, 0.2) is 0 Å². The molecule has 0 heterocycles. The van der Waals surface area contributed by atoms with Crippen LogP contribution in [0.1, 0.15) is 35.1 Å². The first-order chi connectivity index (χ1) is 19.9. The van der Waals surface area contributed by atoms with E-state index in [4.69, 9.17) is 19.3 Å². The van der Waals surface area contributed by atoms with Crippen molar-refractivity contribution in [3.05, 3.63) is 125 Å². The number of ether oxygens (including phenoxy) is 3. The number of carboxylic acid groups (broad SMARTS) is 1. The fraction of sp³-hybridized carbons (Fsp3) is 0.286. The smallest absolute Gasteiger partial charge is 0.307 e. The van der Waals surface area contributed by atoms with E-state index >= 15 is 0 Å². The Kier molecular flexibility index (Phi) is 12.7. The Bertz CT molecular complexity index is 1340. The summed E-state index contributed by atoms with van der Waals surface area (Å²) in [6.07, 6.45) is -0.0232. The molecule has 0 radical (unpaired) electrons. The van der Waals surface area contributed by atoms with Crippen LogP contribution in [0.25, 0.3) is 0 Å². The average Bonchev–Trinajstić information content (AvgIpc) is 2.99. The molecule has 1 N–H and O–H groups in total. The summed E-state index contributed by atoms with van der Waals surface area (Å²) in [5.41, 5.74) is 4.35. The van der Waals surface area contributed by atoms with Crippen molar-refractivity contribution in [2.45, 2.75) is 25.8 Å². The highest BCUT2D eigenvalue weighted by molar-refractivity contribution is 5.85. The molecule has 0 aromatic heterocycles. The lowest BCUT2D eigenvalue weighted by Crippen LogP contribution is -2.34. The molecule has 0 aliphatic rings. The minimum atomic E-state index is -0.855. The highest BCUT2D eigenvalue weighted by atomic mass is 35.5. The molecule has 0 saturated carbocycles. The van der Waals surface area contributed by atoms with Gasteiger partial charge in [-0.3, -0.25) is 9.69 Å². The van der Waals surface area contributed by atoms with Crippen LogP contribution in [-0.4, -0.2) is 49.9 Å². The standard InChI is InChI=1S/C35H39NO5.ClH/c1-26(25-41-32-16-10-11-27(19-32)20-35(37)38)22-36(23-30-17-18-31(39-2)21-34(30)40-3)24-33(28-12-6-4-7-13-28)29-14-8-5-9-15-29;/h4-19,21,26,33H,20,22-25H2,1-3H3,(H,37,38);1H/t26-;/m1./s1. The summed E-state index contributed by atoms with van der Waals surface area (Å²) in [6, 6.07) is 34.6. The summed E-state index contributed by atoms with van der Waals surface area (Å²) >= 11 is 0. The van der Waals surface area contributed by atoms with Gasteiger partial charge >= 0.3 is 5.97 Å². The zero-order valence-corrected chi connectivity index (χ0v) is 25.3. The van der Waals surface area contributed by atoms with Gasteiger partial charge in [-0.2, -0.15) is 0 Å². The van der Waals surface area contributed by atoms with Gasteiger partial charge in [0.2, 0.25) is 0 Å². The third-order valence-corrected chi connectivity index (χ3v) is 7.09. The van der Waals surface area contributed by atoms with Crippen LogP contribution in [0.3, 0.4) is 0 Å². The molecule has 1 atom stereocenters. The van der Waals surface area contributed by atoms with E-state index in [1.54, 1.807) is 14.2 Å². The van der Waals surface area contributed by atoms with E-state index < -0.39 is 5.97 Å². The molecule has 4 aromatic rings. The molecule has 7 heteroatoms. The van der Waals surface area contributed by atoms with Gasteiger partial charge in [0.25, 0.3) is 0 Å². The normalized spacial score (nSPS) is 11.5. The minimum absolute atomic E-state index is 0. The summed E-state index contributed by atoms with van der Waals surface area (Å²) in [5.74, 6) is 1.77. The van der Waals surface area contributed by atoms with Crippen molar-refractivity contribution >= 4 is 18.4 Å². The molecule has 222 valence electrons. The largest absolute Gasteiger partial charge is 0.497 e. The zero-order chi connectivity index (χ0) is 29.0. The van der Waals surface area contributed by atoms with Gasteiger partial charge in [-0.15, -0.1) is 12.4 Å². The van der Waals surface area contributed by atoms with Crippen molar-refractivity contribution in [2.24, 2.45) is 5.92 Å². The Morgan fingerprint density at radius 1 is 0.786 bits per heavy atom. The van der Waals surface area contributed by atoms with E-state index in [9.17, 15) is 4.79 Å². The van der Waals surface area contributed by atoms with Crippen molar-refractivity contribution in [3.8, 4) is 17.2 Å². The second-order valence-corrected chi connectivity index (χ2v) is 10.4. The van der Waals surface area contributed by atoms with Gasteiger partial charge in [-0.05, 0) is 34.9 Å². The quantitative estimate of drug-likeness (QED) is 0.159. The molecule has 0 aliphatic carbocycles. The van der Waals surface area contributed by atoms with E-state index in [2.05, 4.69) is 78.6 Å². The number of aliphatic carboxylic acids is 1. The lowest BCUT2D eigenvalue weighted by Gasteiger charge is -2.31. The molecular formula is C35H40ClNO5. The molecule has 42 heavy (non-hydrogen) atoms. The molecule has 0 saturated heterocycles. The van der Waals surface area contributed by atoms with Crippen LogP contribution in [0.15, 0.2) is 103 Å². The number of halogens is 1. The zero-order valence-electron chi connectivity index (χ0n) is 24.4. The highest BCUT2D eigenvalue weighted by Crippen LogP contribution is 2.30. The van der Waals surface area contributed by atoms with Crippen LogP contribution in [0.5, 0.6) is 17.2 Å². The van der Waals surface area contributed by atoms with Gasteiger partial charge < -0.3 is 19.3 Å². The molecule has 0 unspecified atom stereocenters. The number of benzene rings is 4. The lowest BCUT2D eigenvalue weighted by atomic mass is 9.90. The van der Waals surface area contributed by atoms with E-state index in [0.29, 0.717) is 18.9 Å². The SMILES string of the molecule is COc1ccc(CN(CC(c2ccccc2)c2ccccc2)C[C@@H](C)COc2cccc(CC(=O)O)c2)c(OC)c1.Cl. The van der Waals surface area contributed by atoms with Gasteiger partial charge in [-0.25, -0.2) is 0 Å². The van der Waals surface area contributed by atoms with Crippen molar-refractivity contribution in [3.63, 3.8) is 0 Å². The summed E-state index contributed by atoms with van der Waals surface area (Å²) in [5, 5.41) is 9.14. The van der Waals surface area contributed by atoms with Crippen molar-refractivity contribution in [1.82, 2.24) is 4.90 Å². The number of hydrogen-bond donors (Lipinski definition) is 1. The van der Waals surface area contributed by atoms with Crippen LogP contribution in [0.2, 0.25) is 0 Å². The van der Waals surface area contributed by atoms with E-state index in [1.807, 2.05) is 36.4 Å². The maximum absolute atomic E-state index is 11.1. The molecule has 4 rings (SSSR count). The third-order valence-electron chi connectivity index (χ3n) is 7.09. The predicted molar refractivity (Wildman–Crippen MR) is 169 cm³/mol. The molecule has 0 spiro atoms. The van der Waals surface area contributed by atoms with Crippen LogP contribution in [0.4, 0.5) is 0 Å². The van der Waals surface area contributed by atoms with Gasteiger partial charge in [0.05, 0.1) is 27.2 Å². The van der Waals surface area contributed by atoms with Crippen LogP contribution >= 0.6 is 12.4 Å². The number of carbonyl (C=O) groups is 1. The Labute approximate surface area is 255 Å². The number of rotatable bonds is 15.